The van der Waals surface area contributed by atoms with Crippen LogP contribution in [-0.4, -0.2) is 48.9 Å². The Labute approximate surface area is 122 Å². The Morgan fingerprint density at radius 2 is 2.14 bits per heavy atom. The number of methoxy groups -OCH3 is 1. The van der Waals surface area contributed by atoms with Crippen LogP contribution in [0.4, 0.5) is 0 Å². The molecular weight excluding hydrogens is 298 g/mol. The van der Waals surface area contributed by atoms with Crippen molar-refractivity contribution in [3.05, 3.63) is 11.4 Å². The molecule has 1 aromatic heterocycles. The van der Waals surface area contributed by atoms with Crippen molar-refractivity contribution in [1.82, 2.24) is 14.9 Å². The molecule has 0 aromatic carbocycles. The van der Waals surface area contributed by atoms with Crippen molar-refractivity contribution >= 4 is 16.0 Å². The summed E-state index contributed by atoms with van der Waals surface area (Å²) in [6, 6.07) is -0.316. The van der Waals surface area contributed by atoms with E-state index in [9.17, 15) is 13.2 Å². The molecule has 1 saturated carbocycles. The minimum Gasteiger partial charge on any atom is -0.476 e. The van der Waals surface area contributed by atoms with E-state index in [2.05, 4.69) is 14.9 Å². The van der Waals surface area contributed by atoms with Crippen LogP contribution in [0.15, 0.2) is 4.90 Å². The molecule has 1 aliphatic rings. The van der Waals surface area contributed by atoms with Crippen LogP contribution in [-0.2, 0) is 14.8 Å². The molecule has 9 heteroatoms. The molecule has 1 aliphatic carbocycles. The van der Waals surface area contributed by atoms with Crippen LogP contribution in [0.25, 0.3) is 0 Å². The van der Waals surface area contributed by atoms with Crippen LogP contribution in [0, 0.1) is 12.3 Å². The standard InChI is InChI=1S/C12H19N3O5S/c1-6-10(9(11(16)17)14-13-6)21(18,19)15-7-5-8(20-4)12(7,2)3/h7-8,15H,5H2,1-4H3,(H,13,14)(H,16,17). The summed E-state index contributed by atoms with van der Waals surface area (Å²) in [7, 11) is -2.38. The van der Waals surface area contributed by atoms with Crippen LogP contribution in [0.2, 0.25) is 0 Å². The van der Waals surface area contributed by atoms with Gasteiger partial charge in [0.05, 0.1) is 11.8 Å². The number of carboxylic acid groups (broad SMARTS) is 1. The minimum atomic E-state index is -3.97. The Hall–Kier alpha value is -1.45. The van der Waals surface area contributed by atoms with Gasteiger partial charge in [-0.05, 0) is 13.3 Å². The quantitative estimate of drug-likeness (QED) is 0.727. The Morgan fingerprint density at radius 1 is 1.52 bits per heavy atom. The zero-order valence-electron chi connectivity index (χ0n) is 12.3. The Balaban J connectivity index is 2.29. The predicted molar refractivity (Wildman–Crippen MR) is 73.6 cm³/mol. The van der Waals surface area contributed by atoms with E-state index in [-0.39, 0.29) is 28.2 Å². The Bertz CT molecular complexity index is 664. The Kier molecular flexibility index (Phi) is 3.85. The summed E-state index contributed by atoms with van der Waals surface area (Å²) in [4.78, 5) is 10.8. The Morgan fingerprint density at radius 3 is 2.62 bits per heavy atom. The number of hydrogen-bond acceptors (Lipinski definition) is 5. The highest BCUT2D eigenvalue weighted by Gasteiger charge is 2.50. The fraction of sp³-hybridized carbons (Fsp3) is 0.667. The summed E-state index contributed by atoms with van der Waals surface area (Å²) >= 11 is 0. The van der Waals surface area contributed by atoms with Crippen LogP contribution >= 0.6 is 0 Å². The maximum Gasteiger partial charge on any atom is 0.357 e. The number of rotatable bonds is 5. The monoisotopic (exact) mass is 317 g/mol. The first-order chi connectivity index (χ1) is 9.61. The summed E-state index contributed by atoms with van der Waals surface area (Å²) in [5, 5.41) is 15.0. The maximum absolute atomic E-state index is 12.5. The van der Waals surface area contributed by atoms with Gasteiger partial charge in [-0.2, -0.15) is 5.10 Å². The van der Waals surface area contributed by atoms with E-state index in [1.54, 1.807) is 7.11 Å². The van der Waals surface area contributed by atoms with Gasteiger partial charge >= 0.3 is 5.97 Å². The van der Waals surface area contributed by atoms with E-state index in [0.29, 0.717) is 6.42 Å². The molecule has 2 atom stereocenters. The number of nitrogens with zero attached hydrogens (tertiary/aromatic N) is 1. The molecule has 1 aromatic rings. The van der Waals surface area contributed by atoms with Crippen molar-refractivity contribution in [2.24, 2.45) is 5.41 Å². The number of aromatic nitrogens is 2. The third kappa shape index (κ3) is 2.56. The number of sulfonamides is 1. The molecular formula is C12H19N3O5S. The van der Waals surface area contributed by atoms with Gasteiger partial charge in [-0.25, -0.2) is 17.9 Å². The first kappa shape index (κ1) is 15.9. The number of aromatic amines is 1. The molecule has 0 amide bonds. The molecule has 0 bridgehead atoms. The van der Waals surface area contributed by atoms with Crippen LogP contribution in [0.5, 0.6) is 0 Å². The van der Waals surface area contributed by atoms with Gasteiger partial charge in [0.2, 0.25) is 10.0 Å². The first-order valence-corrected chi connectivity index (χ1v) is 7.93. The zero-order valence-corrected chi connectivity index (χ0v) is 13.1. The fourth-order valence-corrected chi connectivity index (χ4v) is 4.35. The van der Waals surface area contributed by atoms with Gasteiger partial charge in [-0.1, -0.05) is 13.8 Å². The van der Waals surface area contributed by atoms with Crippen molar-refractivity contribution in [2.75, 3.05) is 7.11 Å². The third-order valence-electron chi connectivity index (χ3n) is 4.12. The molecule has 8 nitrogen and oxygen atoms in total. The molecule has 1 heterocycles. The van der Waals surface area contributed by atoms with Crippen molar-refractivity contribution in [3.8, 4) is 0 Å². The van der Waals surface area contributed by atoms with Gasteiger partial charge in [0.15, 0.2) is 5.69 Å². The number of nitrogens with one attached hydrogen (secondary N) is 2. The molecule has 2 unspecified atom stereocenters. The largest absolute Gasteiger partial charge is 0.476 e. The molecule has 0 saturated heterocycles. The number of ether oxygens (including phenoxy) is 1. The summed E-state index contributed by atoms with van der Waals surface area (Å²) in [5.41, 5.74) is -0.663. The van der Waals surface area contributed by atoms with E-state index in [1.165, 1.54) is 6.92 Å². The van der Waals surface area contributed by atoms with E-state index >= 15 is 0 Å². The van der Waals surface area contributed by atoms with Crippen LogP contribution in [0.3, 0.4) is 0 Å². The average Bonchev–Trinajstić information content (AvgIpc) is 2.77. The highest BCUT2D eigenvalue weighted by Crippen LogP contribution is 2.43. The van der Waals surface area contributed by atoms with E-state index in [1.807, 2.05) is 13.8 Å². The van der Waals surface area contributed by atoms with Gasteiger partial charge in [-0.3, -0.25) is 5.10 Å². The molecule has 0 aliphatic heterocycles. The lowest BCUT2D eigenvalue weighted by molar-refractivity contribution is -0.0908. The topological polar surface area (TPSA) is 121 Å². The van der Waals surface area contributed by atoms with Crippen molar-refractivity contribution in [2.45, 2.75) is 44.2 Å². The van der Waals surface area contributed by atoms with Crippen molar-refractivity contribution in [1.29, 1.82) is 0 Å². The average molecular weight is 317 g/mol. The molecule has 0 radical (unpaired) electrons. The second-order valence-corrected chi connectivity index (χ2v) is 7.44. The van der Waals surface area contributed by atoms with Crippen molar-refractivity contribution in [3.63, 3.8) is 0 Å². The summed E-state index contributed by atoms with van der Waals surface area (Å²) in [6.07, 6.45) is 0.511. The molecule has 118 valence electrons. The lowest BCUT2D eigenvalue weighted by Crippen LogP contribution is -2.61. The summed E-state index contributed by atoms with van der Waals surface area (Å²) in [5.74, 6) is -1.39. The number of carboxylic acids is 1. The lowest BCUT2D eigenvalue weighted by Gasteiger charge is -2.50. The van der Waals surface area contributed by atoms with Crippen molar-refractivity contribution < 1.29 is 23.1 Å². The van der Waals surface area contributed by atoms with Gasteiger partial charge < -0.3 is 9.84 Å². The van der Waals surface area contributed by atoms with Gasteiger partial charge in [0.1, 0.15) is 4.90 Å². The molecule has 2 rings (SSSR count). The fourth-order valence-electron chi connectivity index (χ4n) is 2.62. The smallest absolute Gasteiger partial charge is 0.357 e. The van der Waals surface area contributed by atoms with Gasteiger partial charge in [-0.15, -0.1) is 0 Å². The summed E-state index contributed by atoms with van der Waals surface area (Å²) < 4.78 is 32.7. The SMILES string of the molecule is COC1CC(NS(=O)(=O)c2c(C(=O)O)n[nH]c2C)C1(C)C. The van der Waals surface area contributed by atoms with Crippen LogP contribution in [0.1, 0.15) is 36.5 Å². The van der Waals surface area contributed by atoms with Gasteiger partial charge in [0.25, 0.3) is 0 Å². The van der Waals surface area contributed by atoms with E-state index in [0.717, 1.165) is 0 Å². The highest BCUT2D eigenvalue weighted by molar-refractivity contribution is 7.89. The second-order valence-electron chi connectivity index (χ2n) is 5.79. The molecule has 0 spiro atoms. The summed E-state index contributed by atoms with van der Waals surface area (Å²) in [6.45, 7) is 5.27. The number of aryl methyl sites for hydroxylation is 1. The predicted octanol–water partition coefficient (Wildman–Crippen LogP) is 0.508. The second kappa shape index (κ2) is 5.08. The lowest BCUT2D eigenvalue weighted by atomic mass is 9.65. The molecule has 1 fully saturated rings. The number of hydrogen-bond donors (Lipinski definition) is 3. The maximum atomic E-state index is 12.5. The van der Waals surface area contributed by atoms with Crippen LogP contribution < -0.4 is 4.72 Å². The normalized spacial score (nSPS) is 24.6. The third-order valence-corrected chi connectivity index (χ3v) is 5.75. The molecule has 21 heavy (non-hydrogen) atoms. The molecule has 3 N–H and O–H groups in total. The number of carbonyl (C=O) groups is 1. The number of H-pyrrole nitrogens is 1. The van der Waals surface area contributed by atoms with E-state index in [4.69, 9.17) is 9.84 Å². The first-order valence-electron chi connectivity index (χ1n) is 6.44. The zero-order chi connectivity index (χ0) is 16.0. The highest BCUT2D eigenvalue weighted by atomic mass is 32.2. The minimum absolute atomic E-state index is 0.0328. The van der Waals surface area contributed by atoms with E-state index < -0.39 is 21.7 Å². The van der Waals surface area contributed by atoms with Gasteiger partial charge in [0, 0.05) is 18.6 Å². The number of aromatic carboxylic acids is 1.